The number of methoxy groups -OCH3 is 2. The molecule has 3 fully saturated rings. The first-order valence-corrected chi connectivity index (χ1v) is 19.2. The minimum atomic E-state index is -0.599. The normalized spacial score (nSPS) is 22.4. The zero-order chi connectivity index (χ0) is 35.0. The summed E-state index contributed by atoms with van der Waals surface area (Å²) in [5.41, 5.74) is 0.773. The summed E-state index contributed by atoms with van der Waals surface area (Å²) in [6.07, 6.45) is 18.2. The average molecular weight is 897 g/mol. The van der Waals surface area contributed by atoms with Gasteiger partial charge in [-0.25, -0.2) is 9.59 Å². The van der Waals surface area contributed by atoms with Gasteiger partial charge in [0.05, 0.1) is 21.4 Å². The highest BCUT2D eigenvalue weighted by Crippen LogP contribution is 2.54. The summed E-state index contributed by atoms with van der Waals surface area (Å²) >= 11 is 4.38. The molecule has 2 aromatic carbocycles. The van der Waals surface area contributed by atoms with E-state index in [1.54, 1.807) is 26.4 Å². The van der Waals surface area contributed by atoms with Crippen LogP contribution in [0.3, 0.4) is 0 Å². The van der Waals surface area contributed by atoms with E-state index in [0.29, 0.717) is 34.8 Å². The van der Waals surface area contributed by atoms with Gasteiger partial charge < -0.3 is 28.4 Å². The molecule has 0 radical (unpaired) electrons. The molecule has 0 aromatic heterocycles. The molecule has 3 aliphatic rings. The largest absolute Gasteiger partial charge is 0.493 e. The van der Waals surface area contributed by atoms with Gasteiger partial charge in [0.1, 0.15) is 11.2 Å². The molecular weight excluding hydrogens is 850 g/mol. The van der Waals surface area contributed by atoms with Crippen molar-refractivity contribution < 1.29 is 38.0 Å². The van der Waals surface area contributed by atoms with E-state index in [4.69, 9.17) is 28.4 Å². The highest BCUT2D eigenvalue weighted by molar-refractivity contribution is 14.1. The van der Waals surface area contributed by atoms with Crippen molar-refractivity contribution >= 4 is 69.3 Å². The molecule has 0 aliphatic heterocycles. The van der Waals surface area contributed by atoms with Crippen molar-refractivity contribution in [3.63, 3.8) is 0 Å². The van der Waals surface area contributed by atoms with Gasteiger partial charge in [-0.05, 0) is 163 Å². The highest BCUT2D eigenvalue weighted by atomic mass is 127. The van der Waals surface area contributed by atoms with E-state index in [1.807, 2.05) is 30.3 Å². The summed E-state index contributed by atoms with van der Waals surface area (Å²) in [7, 11) is 3.17. The van der Waals surface area contributed by atoms with Gasteiger partial charge in [0.15, 0.2) is 36.2 Å². The second-order valence-electron chi connectivity index (χ2n) is 13.2. The lowest BCUT2D eigenvalue weighted by Gasteiger charge is -2.37. The first-order valence-electron chi connectivity index (χ1n) is 17.0. The van der Waals surface area contributed by atoms with Crippen LogP contribution in [0.1, 0.15) is 81.8 Å². The van der Waals surface area contributed by atoms with Crippen molar-refractivity contribution in [3.05, 3.63) is 67.8 Å². The molecule has 0 saturated heterocycles. The zero-order valence-electron chi connectivity index (χ0n) is 28.4. The van der Waals surface area contributed by atoms with Crippen molar-refractivity contribution in [2.45, 2.75) is 81.8 Å². The molecule has 2 bridgehead atoms. The fourth-order valence-electron chi connectivity index (χ4n) is 7.67. The maximum absolute atomic E-state index is 13.2. The number of esters is 2. The van der Waals surface area contributed by atoms with Crippen LogP contribution in [0.2, 0.25) is 0 Å². The number of ether oxygens (including phenoxy) is 6. The molecule has 2 aromatic rings. The molecule has 3 atom stereocenters. The third-order valence-electron chi connectivity index (χ3n) is 10.1. The summed E-state index contributed by atoms with van der Waals surface area (Å²) in [6, 6.07) is 7.66. The Hall–Kier alpha value is -2.74. The average Bonchev–Trinajstić information content (AvgIpc) is 3.70. The molecule has 49 heavy (non-hydrogen) atoms. The van der Waals surface area contributed by atoms with Crippen molar-refractivity contribution in [3.8, 4) is 23.0 Å². The van der Waals surface area contributed by atoms with E-state index < -0.39 is 17.2 Å². The fourth-order valence-corrected chi connectivity index (χ4v) is 9.23. The molecule has 3 aliphatic carbocycles. The third-order valence-corrected chi connectivity index (χ3v) is 11.7. The lowest BCUT2D eigenvalue weighted by Crippen LogP contribution is -2.41. The van der Waals surface area contributed by atoms with Crippen LogP contribution in [-0.4, -0.2) is 50.6 Å². The Bertz CT molecular complexity index is 1560. The smallest absolute Gasteiger partial charge is 0.345 e. The standard InChI is InChI=1S/C39H46I2O8/c1-5-26-19-30(40)36(32(21-26)44-3)47-25-35(43)49-39(23-28-13-14-29(39)18-28)17-11-8-12-27-20-31(41)37(33(22-27)45-4)46-24-34(42)48-38(6-2)15-9-7-10-16-38/h5-6,8,12,19-22,28-29H,1-2,7,9-11,13-18,23-25H2,3-4H3/b12-8+. The maximum atomic E-state index is 13.2. The van der Waals surface area contributed by atoms with Crippen molar-refractivity contribution in [1.82, 2.24) is 0 Å². The van der Waals surface area contributed by atoms with E-state index in [9.17, 15) is 9.59 Å². The summed E-state index contributed by atoms with van der Waals surface area (Å²) in [5.74, 6) is 2.31. The first kappa shape index (κ1) is 37.5. The molecule has 0 heterocycles. The number of carbonyl (C=O) groups is 2. The summed E-state index contributed by atoms with van der Waals surface area (Å²) < 4.78 is 36.8. The lowest BCUT2D eigenvalue weighted by molar-refractivity contribution is -0.169. The number of allylic oxidation sites excluding steroid dienone is 1. The van der Waals surface area contributed by atoms with Crippen LogP contribution < -0.4 is 18.9 Å². The van der Waals surface area contributed by atoms with E-state index in [-0.39, 0.29) is 19.2 Å². The van der Waals surface area contributed by atoms with Crippen molar-refractivity contribution in [2.75, 3.05) is 27.4 Å². The molecule has 3 unspecified atom stereocenters. The van der Waals surface area contributed by atoms with Crippen molar-refractivity contribution in [2.24, 2.45) is 11.8 Å². The topological polar surface area (TPSA) is 89.5 Å². The predicted molar refractivity (Wildman–Crippen MR) is 207 cm³/mol. The van der Waals surface area contributed by atoms with E-state index in [0.717, 1.165) is 82.5 Å². The van der Waals surface area contributed by atoms with Crippen LogP contribution in [0.5, 0.6) is 23.0 Å². The highest BCUT2D eigenvalue weighted by Gasteiger charge is 2.53. The minimum Gasteiger partial charge on any atom is -0.493 e. The van der Waals surface area contributed by atoms with Crippen LogP contribution in [0.25, 0.3) is 12.2 Å². The Balaban J connectivity index is 1.18. The second kappa shape index (κ2) is 17.0. The molecule has 0 spiro atoms. The summed E-state index contributed by atoms with van der Waals surface area (Å²) in [6.45, 7) is 7.34. The molecule has 0 amide bonds. The Kier molecular flexibility index (Phi) is 13.0. The quantitative estimate of drug-likeness (QED) is 0.0937. The zero-order valence-corrected chi connectivity index (χ0v) is 32.7. The number of fused-ring (bicyclic) bond motifs is 2. The van der Waals surface area contributed by atoms with Gasteiger partial charge in [-0.2, -0.15) is 0 Å². The Labute approximate surface area is 317 Å². The monoisotopic (exact) mass is 896 g/mol. The number of carbonyl (C=O) groups excluding carboxylic acids is 2. The summed E-state index contributed by atoms with van der Waals surface area (Å²) in [5, 5.41) is 0. The second-order valence-corrected chi connectivity index (χ2v) is 15.5. The van der Waals surface area contributed by atoms with E-state index in [1.165, 1.54) is 6.42 Å². The molecule has 264 valence electrons. The number of halogens is 2. The van der Waals surface area contributed by atoms with Gasteiger partial charge in [-0.3, -0.25) is 0 Å². The molecule has 8 nitrogen and oxygen atoms in total. The lowest BCUT2D eigenvalue weighted by atomic mass is 9.80. The van der Waals surface area contributed by atoms with Gasteiger partial charge in [0.2, 0.25) is 0 Å². The minimum absolute atomic E-state index is 0.186. The van der Waals surface area contributed by atoms with E-state index in [2.05, 4.69) is 64.4 Å². The van der Waals surface area contributed by atoms with Gasteiger partial charge in [0, 0.05) is 0 Å². The molecule has 0 N–H and O–H groups in total. The van der Waals surface area contributed by atoms with Gasteiger partial charge >= 0.3 is 11.9 Å². The van der Waals surface area contributed by atoms with E-state index >= 15 is 0 Å². The molecule has 5 rings (SSSR count). The summed E-state index contributed by atoms with van der Waals surface area (Å²) in [4.78, 5) is 25.9. The predicted octanol–water partition coefficient (Wildman–Crippen LogP) is 9.34. The van der Waals surface area contributed by atoms with Gasteiger partial charge in [0.25, 0.3) is 0 Å². The van der Waals surface area contributed by atoms with Gasteiger partial charge in [-0.15, -0.1) is 0 Å². The first-order chi connectivity index (χ1) is 23.6. The third kappa shape index (κ3) is 9.14. The van der Waals surface area contributed by atoms with Gasteiger partial charge in [-0.1, -0.05) is 37.8 Å². The molecule has 10 heteroatoms. The Morgan fingerprint density at radius 1 is 0.857 bits per heavy atom. The number of hydrogen-bond acceptors (Lipinski definition) is 8. The molecular formula is C39H46I2O8. The van der Waals surface area contributed by atoms with Crippen LogP contribution >= 0.6 is 45.2 Å². The van der Waals surface area contributed by atoms with Crippen LogP contribution in [0.4, 0.5) is 0 Å². The maximum Gasteiger partial charge on any atom is 0.345 e. The molecule has 3 saturated carbocycles. The van der Waals surface area contributed by atoms with Crippen LogP contribution in [0, 0.1) is 19.0 Å². The number of hydrogen-bond donors (Lipinski definition) is 0. The SMILES string of the molecule is C=Cc1cc(I)c(OCC(=O)OC2(CC/C=C/c3cc(I)c(OCC(=O)OC4(C=C)CCCCC4)c(OC)c3)CC3CCC2C3)c(OC)c1. The Morgan fingerprint density at radius 2 is 1.47 bits per heavy atom. The van der Waals surface area contributed by atoms with Crippen molar-refractivity contribution in [1.29, 1.82) is 0 Å². The Morgan fingerprint density at radius 3 is 2.02 bits per heavy atom. The number of benzene rings is 2. The van der Waals surface area contributed by atoms with Crippen LogP contribution in [0.15, 0.2) is 49.6 Å². The fraction of sp³-hybridized carbons (Fsp3) is 0.487. The van der Waals surface area contributed by atoms with Crippen LogP contribution in [-0.2, 0) is 19.1 Å². The number of rotatable bonds is 16.